The van der Waals surface area contributed by atoms with E-state index in [9.17, 15) is 9.90 Å². The van der Waals surface area contributed by atoms with Crippen molar-refractivity contribution in [2.75, 3.05) is 18.5 Å². The Morgan fingerprint density at radius 1 is 1.18 bits per heavy atom. The Labute approximate surface area is 199 Å². The molecule has 0 spiro atoms. The van der Waals surface area contributed by atoms with Crippen LogP contribution in [0.3, 0.4) is 0 Å². The molecule has 1 aromatic heterocycles. The van der Waals surface area contributed by atoms with E-state index in [1.165, 1.54) is 35.1 Å². The maximum Gasteiger partial charge on any atom is 0.305 e. The summed E-state index contributed by atoms with van der Waals surface area (Å²) in [7, 11) is 0. The summed E-state index contributed by atoms with van der Waals surface area (Å²) in [6.45, 7) is 5.68. The number of benzene rings is 1. The van der Waals surface area contributed by atoms with Gasteiger partial charge in [0.05, 0.1) is 13.2 Å². The number of aryl methyl sites for hydroxylation is 2. The molecular formula is C26H33N3O5. The molecular weight excluding hydrogens is 434 g/mol. The van der Waals surface area contributed by atoms with E-state index in [4.69, 9.17) is 19.0 Å². The second-order valence-corrected chi connectivity index (χ2v) is 10.0. The number of amidine groups is 1. The second kappa shape index (κ2) is 8.73. The molecule has 0 fully saturated rings. The van der Waals surface area contributed by atoms with Gasteiger partial charge in [0.15, 0.2) is 11.4 Å². The highest BCUT2D eigenvalue weighted by Gasteiger charge is 2.44. The van der Waals surface area contributed by atoms with Crippen LogP contribution in [-0.4, -0.2) is 35.4 Å². The largest absolute Gasteiger partial charge is 0.466 e. The first kappa shape index (κ1) is 22.9. The van der Waals surface area contributed by atoms with Crippen molar-refractivity contribution >= 4 is 17.7 Å². The molecule has 3 aliphatic rings. The summed E-state index contributed by atoms with van der Waals surface area (Å²) >= 11 is 0. The van der Waals surface area contributed by atoms with Crippen LogP contribution in [-0.2, 0) is 51.2 Å². The number of aliphatic imine (C=N–C) groups is 1. The first-order valence-corrected chi connectivity index (χ1v) is 12.3. The lowest BCUT2D eigenvalue weighted by atomic mass is 9.92. The average molecular weight is 468 g/mol. The number of fused-ring (bicyclic) bond motifs is 2. The molecule has 8 nitrogen and oxygen atoms in total. The topological polar surface area (TPSA) is 106 Å². The highest BCUT2D eigenvalue weighted by atomic mass is 16.5. The number of carbonyl (C=O) groups is 1. The molecule has 34 heavy (non-hydrogen) atoms. The van der Waals surface area contributed by atoms with Gasteiger partial charge in [-0.1, -0.05) is 11.2 Å². The lowest BCUT2D eigenvalue weighted by molar-refractivity contribution is -0.144. The van der Waals surface area contributed by atoms with Gasteiger partial charge in [0.1, 0.15) is 11.3 Å². The highest BCUT2D eigenvalue weighted by molar-refractivity contribution is 5.93. The Hall–Kier alpha value is -2.87. The first-order chi connectivity index (χ1) is 16.3. The van der Waals surface area contributed by atoms with Crippen molar-refractivity contribution < 1.29 is 23.9 Å². The Bertz CT molecular complexity index is 1100. The number of esters is 1. The third-order valence-corrected chi connectivity index (χ3v) is 7.09. The van der Waals surface area contributed by atoms with Gasteiger partial charge < -0.3 is 24.4 Å². The van der Waals surface area contributed by atoms with Crippen LogP contribution in [0, 0.1) is 0 Å². The zero-order chi connectivity index (χ0) is 23.9. The molecule has 0 bridgehead atoms. The quantitative estimate of drug-likeness (QED) is 0.595. The van der Waals surface area contributed by atoms with Crippen molar-refractivity contribution in [2.24, 2.45) is 4.99 Å². The molecule has 0 saturated carbocycles. The van der Waals surface area contributed by atoms with Gasteiger partial charge in [-0.15, -0.1) is 0 Å². The molecule has 5 rings (SSSR count). The predicted octanol–water partition coefficient (Wildman–Crippen LogP) is 3.92. The Kier molecular flexibility index (Phi) is 5.88. The summed E-state index contributed by atoms with van der Waals surface area (Å²) < 4.78 is 17.0. The fourth-order valence-electron chi connectivity index (χ4n) is 5.30. The standard InChI is InChI=1S/C26H33N3O5/c1-4-32-22(30)11-12-26(20-14-21(34-29-20)25(2,3)31)15-27-24(33-26)28-23-18-9-5-7-16(18)13-17-8-6-10-19(17)23/h13-14,31H,4-12,15H2,1-3H3,(H,27,28). The fraction of sp³-hybridized carbons (Fsp3) is 0.577. The third-order valence-electron chi connectivity index (χ3n) is 7.09. The number of nitrogens with one attached hydrogen (secondary N) is 1. The van der Waals surface area contributed by atoms with Gasteiger partial charge >= 0.3 is 5.97 Å². The number of hydrogen-bond acceptors (Lipinski definition) is 8. The van der Waals surface area contributed by atoms with Crippen LogP contribution in [0.25, 0.3) is 0 Å². The molecule has 8 heteroatoms. The average Bonchev–Trinajstić information content (AvgIpc) is 3.57. The minimum Gasteiger partial charge on any atom is -0.466 e. The van der Waals surface area contributed by atoms with E-state index in [0.29, 0.717) is 37.0 Å². The predicted molar refractivity (Wildman–Crippen MR) is 127 cm³/mol. The molecule has 0 saturated heterocycles. The number of ether oxygens (including phenoxy) is 2. The van der Waals surface area contributed by atoms with Gasteiger partial charge in [-0.2, -0.15) is 0 Å². The summed E-state index contributed by atoms with van der Waals surface area (Å²) in [5.41, 5.74) is 5.13. The SMILES string of the molecule is CCOC(=O)CCC1(c2cc(C(C)(C)O)on2)CN=C(Nc2c3c(cc4c2CCC4)CCC3)O1. The van der Waals surface area contributed by atoms with E-state index in [1.54, 1.807) is 26.8 Å². The molecule has 1 aromatic carbocycles. The number of aromatic nitrogens is 1. The molecule has 0 radical (unpaired) electrons. The number of carbonyl (C=O) groups excluding carboxylic acids is 1. The van der Waals surface area contributed by atoms with Crippen molar-refractivity contribution in [3.8, 4) is 0 Å². The molecule has 1 atom stereocenters. The number of aliphatic hydroxyl groups is 1. The van der Waals surface area contributed by atoms with E-state index in [2.05, 4.69) is 16.5 Å². The minimum atomic E-state index is -1.18. The van der Waals surface area contributed by atoms with Crippen LogP contribution in [0.1, 0.15) is 80.2 Å². The summed E-state index contributed by atoms with van der Waals surface area (Å²) in [5.74, 6) is 0.0403. The van der Waals surface area contributed by atoms with Gasteiger partial charge in [-0.25, -0.2) is 4.99 Å². The van der Waals surface area contributed by atoms with Gasteiger partial charge in [0, 0.05) is 24.6 Å². The first-order valence-electron chi connectivity index (χ1n) is 12.3. The van der Waals surface area contributed by atoms with Gasteiger partial charge in [0.2, 0.25) is 0 Å². The van der Waals surface area contributed by atoms with Crippen LogP contribution in [0.5, 0.6) is 0 Å². The maximum absolute atomic E-state index is 12.2. The molecule has 2 heterocycles. The number of anilines is 1. The molecule has 2 N–H and O–H groups in total. The molecule has 0 amide bonds. The Balaban J connectivity index is 1.42. The van der Waals surface area contributed by atoms with E-state index in [0.717, 1.165) is 31.4 Å². The van der Waals surface area contributed by atoms with Crippen molar-refractivity contribution in [3.63, 3.8) is 0 Å². The van der Waals surface area contributed by atoms with Crippen LogP contribution in [0.4, 0.5) is 5.69 Å². The van der Waals surface area contributed by atoms with Crippen LogP contribution < -0.4 is 5.32 Å². The van der Waals surface area contributed by atoms with E-state index in [1.807, 2.05) is 0 Å². The normalized spacial score (nSPS) is 21.1. The summed E-state index contributed by atoms with van der Waals surface area (Å²) in [4.78, 5) is 16.8. The Morgan fingerprint density at radius 2 is 1.88 bits per heavy atom. The lowest BCUT2D eigenvalue weighted by Gasteiger charge is -2.26. The maximum atomic E-state index is 12.2. The van der Waals surface area contributed by atoms with Crippen molar-refractivity contribution in [3.05, 3.63) is 45.8 Å². The van der Waals surface area contributed by atoms with Gasteiger partial charge in [0.25, 0.3) is 6.02 Å². The summed E-state index contributed by atoms with van der Waals surface area (Å²) in [5, 5.41) is 18.1. The molecule has 2 aromatic rings. The summed E-state index contributed by atoms with van der Waals surface area (Å²) in [6.07, 6.45) is 7.19. The summed E-state index contributed by atoms with van der Waals surface area (Å²) in [6, 6.07) is 4.53. The highest BCUT2D eigenvalue weighted by Crippen LogP contribution is 2.41. The van der Waals surface area contributed by atoms with Crippen LogP contribution in [0.15, 0.2) is 21.6 Å². The second-order valence-electron chi connectivity index (χ2n) is 10.0. The van der Waals surface area contributed by atoms with Gasteiger partial charge in [-0.05, 0) is 81.5 Å². The molecule has 182 valence electrons. The number of hydrogen-bond donors (Lipinski definition) is 2. The molecule has 1 unspecified atom stereocenters. The fourth-order valence-corrected chi connectivity index (χ4v) is 5.30. The zero-order valence-corrected chi connectivity index (χ0v) is 20.2. The number of nitrogens with zero attached hydrogens (tertiary/aromatic N) is 2. The minimum absolute atomic E-state index is 0.164. The van der Waals surface area contributed by atoms with Gasteiger partial charge in [-0.3, -0.25) is 4.79 Å². The zero-order valence-electron chi connectivity index (χ0n) is 20.2. The van der Waals surface area contributed by atoms with Crippen LogP contribution in [0.2, 0.25) is 0 Å². The monoisotopic (exact) mass is 467 g/mol. The molecule has 2 aliphatic carbocycles. The van der Waals surface area contributed by atoms with Crippen molar-refractivity contribution in [1.82, 2.24) is 5.16 Å². The number of rotatable bonds is 7. The smallest absolute Gasteiger partial charge is 0.305 e. The Morgan fingerprint density at radius 3 is 2.50 bits per heavy atom. The third kappa shape index (κ3) is 4.19. The van der Waals surface area contributed by atoms with Crippen molar-refractivity contribution in [2.45, 2.75) is 83.3 Å². The molecule has 1 aliphatic heterocycles. The van der Waals surface area contributed by atoms with Crippen LogP contribution >= 0.6 is 0 Å². The van der Waals surface area contributed by atoms with E-state index < -0.39 is 11.2 Å². The van der Waals surface area contributed by atoms with E-state index >= 15 is 0 Å². The van der Waals surface area contributed by atoms with Crippen molar-refractivity contribution in [1.29, 1.82) is 0 Å². The van der Waals surface area contributed by atoms with E-state index in [-0.39, 0.29) is 12.4 Å². The lowest BCUT2D eigenvalue weighted by Crippen LogP contribution is -2.33.